The highest BCUT2D eigenvalue weighted by Gasteiger charge is 2.05. The van der Waals surface area contributed by atoms with E-state index >= 15 is 0 Å². The number of amides is 1. The van der Waals surface area contributed by atoms with Gasteiger partial charge >= 0.3 is 0 Å². The lowest BCUT2D eigenvalue weighted by molar-refractivity contribution is -0.118. The second-order valence-electron chi connectivity index (χ2n) is 4.11. The molecule has 20 heavy (non-hydrogen) atoms. The molecule has 1 amide bonds. The van der Waals surface area contributed by atoms with Gasteiger partial charge < -0.3 is 15.8 Å². The van der Waals surface area contributed by atoms with Crippen molar-refractivity contribution in [2.75, 3.05) is 11.9 Å². The summed E-state index contributed by atoms with van der Waals surface area (Å²) < 4.78 is 6.68. The Kier molecular flexibility index (Phi) is 5.43. The van der Waals surface area contributed by atoms with Crippen LogP contribution in [0.1, 0.15) is 11.3 Å². The number of para-hydroxylation sites is 2. The maximum Gasteiger partial charge on any atom is 0.220 e. The molecule has 2 rings (SSSR count). The van der Waals surface area contributed by atoms with Gasteiger partial charge in [-0.3, -0.25) is 4.79 Å². The number of carbonyl (C=O) groups excluding carboxylic acids is 1. The van der Waals surface area contributed by atoms with E-state index < -0.39 is 0 Å². The van der Waals surface area contributed by atoms with Gasteiger partial charge in [-0.25, -0.2) is 0 Å². The van der Waals surface area contributed by atoms with E-state index in [0.717, 1.165) is 15.9 Å². The van der Waals surface area contributed by atoms with Crippen LogP contribution in [-0.4, -0.2) is 12.5 Å². The molecule has 0 atom stereocenters. The second kappa shape index (κ2) is 7.31. The molecule has 0 aliphatic rings. The number of thiophene rings is 1. The minimum Gasteiger partial charge on any atom is -0.491 e. The van der Waals surface area contributed by atoms with E-state index in [1.807, 2.05) is 35.7 Å². The summed E-state index contributed by atoms with van der Waals surface area (Å²) in [6, 6.07) is 9.67. The van der Waals surface area contributed by atoms with Crippen LogP contribution in [0.4, 0.5) is 5.69 Å². The largest absolute Gasteiger partial charge is 0.491 e. The highest BCUT2D eigenvalue weighted by atomic mass is 79.9. The molecule has 4 nitrogen and oxygen atoms in total. The number of hydrogen-bond acceptors (Lipinski definition) is 4. The Morgan fingerprint density at radius 1 is 1.35 bits per heavy atom. The van der Waals surface area contributed by atoms with Crippen LogP contribution in [0.2, 0.25) is 0 Å². The van der Waals surface area contributed by atoms with Crippen LogP contribution < -0.4 is 15.8 Å². The van der Waals surface area contributed by atoms with Gasteiger partial charge in [0.15, 0.2) is 0 Å². The fourth-order valence-electron chi connectivity index (χ4n) is 1.63. The smallest absolute Gasteiger partial charge is 0.220 e. The molecule has 0 spiro atoms. The van der Waals surface area contributed by atoms with Gasteiger partial charge in [-0.15, -0.1) is 11.3 Å². The lowest BCUT2D eigenvalue weighted by atomic mass is 10.3. The molecule has 106 valence electrons. The summed E-state index contributed by atoms with van der Waals surface area (Å²) in [5.41, 5.74) is 6.00. The van der Waals surface area contributed by atoms with Crippen molar-refractivity contribution in [1.29, 1.82) is 0 Å². The molecule has 0 saturated carbocycles. The molecule has 6 heteroatoms. The summed E-state index contributed by atoms with van der Waals surface area (Å²) in [6.07, 6.45) is 0.213. The zero-order valence-electron chi connectivity index (χ0n) is 10.8. The molecule has 1 aromatic heterocycles. The van der Waals surface area contributed by atoms with Crippen LogP contribution in [0, 0.1) is 0 Å². The standard InChI is InChI=1S/C14H15BrN2O2S/c15-10-6-8-20-13(10)9-17-11-3-1-2-4-12(11)19-7-5-14(16)18/h1-4,6,8,17H,5,7,9H2,(H2,16,18). The van der Waals surface area contributed by atoms with Gasteiger partial charge in [-0.2, -0.15) is 0 Å². The number of hydrogen-bond donors (Lipinski definition) is 2. The van der Waals surface area contributed by atoms with Crippen LogP contribution in [0.15, 0.2) is 40.2 Å². The van der Waals surface area contributed by atoms with E-state index in [0.29, 0.717) is 6.54 Å². The zero-order chi connectivity index (χ0) is 14.4. The van der Waals surface area contributed by atoms with Crippen LogP contribution in [0.25, 0.3) is 0 Å². The molecule has 0 unspecified atom stereocenters. The predicted molar refractivity (Wildman–Crippen MR) is 85.1 cm³/mol. The number of anilines is 1. The SMILES string of the molecule is NC(=O)CCOc1ccccc1NCc1sccc1Br. The number of nitrogens with one attached hydrogen (secondary N) is 1. The van der Waals surface area contributed by atoms with Crippen LogP contribution in [0.5, 0.6) is 5.75 Å². The monoisotopic (exact) mass is 354 g/mol. The van der Waals surface area contributed by atoms with Crippen LogP contribution >= 0.6 is 27.3 Å². The number of primary amides is 1. The van der Waals surface area contributed by atoms with E-state index in [4.69, 9.17) is 10.5 Å². The van der Waals surface area contributed by atoms with Crippen molar-refractivity contribution >= 4 is 38.9 Å². The first-order chi connectivity index (χ1) is 9.66. The van der Waals surface area contributed by atoms with Gasteiger partial charge in [0.05, 0.1) is 25.3 Å². The van der Waals surface area contributed by atoms with Gasteiger partial charge in [0.25, 0.3) is 0 Å². The third-order valence-electron chi connectivity index (χ3n) is 2.62. The van der Waals surface area contributed by atoms with Crippen molar-refractivity contribution in [3.63, 3.8) is 0 Å². The number of halogens is 1. The number of carbonyl (C=O) groups is 1. The first kappa shape index (κ1) is 14.9. The Hall–Kier alpha value is -1.53. The molecule has 1 heterocycles. The first-order valence-corrected chi connectivity index (χ1v) is 7.80. The maximum absolute atomic E-state index is 10.7. The van der Waals surface area contributed by atoms with Crippen molar-refractivity contribution in [3.05, 3.63) is 45.1 Å². The molecule has 1 aromatic carbocycles. The predicted octanol–water partition coefficient (Wildman–Crippen LogP) is 3.38. The molecule has 0 aliphatic carbocycles. The van der Waals surface area contributed by atoms with Crippen molar-refractivity contribution < 1.29 is 9.53 Å². The fraction of sp³-hybridized carbons (Fsp3) is 0.214. The summed E-state index contributed by atoms with van der Waals surface area (Å²) in [6.45, 7) is 1.01. The quantitative estimate of drug-likeness (QED) is 0.800. The fourth-order valence-corrected chi connectivity index (χ4v) is 3.06. The number of nitrogens with two attached hydrogens (primary N) is 1. The summed E-state index contributed by atoms with van der Waals surface area (Å²) in [4.78, 5) is 11.9. The van der Waals surface area contributed by atoms with Crippen molar-refractivity contribution in [3.8, 4) is 5.75 Å². The lowest BCUT2D eigenvalue weighted by Gasteiger charge is -2.12. The first-order valence-electron chi connectivity index (χ1n) is 6.12. The molecule has 0 radical (unpaired) electrons. The van der Waals surface area contributed by atoms with Crippen molar-refractivity contribution in [2.45, 2.75) is 13.0 Å². The molecule has 0 fully saturated rings. The summed E-state index contributed by atoms with van der Waals surface area (Å²) in [5, 5.41) is 5.37. The lowest BCUT2D eigenvalue weighted by Crippen LogP contribution is -2.15. The van der Waals surface area contributed by atoms with Crippen LogP contribution in [-0.2, 0) is 11.3 Å². The second-order valence-corrected chi connectivity index (χ2v) is 5.96. The molecular weight excluding hydrogens is 340 g/mol. The third kappa shape index (κ3) is 4.25. The van der Waals surface area contributed by atoms with E-state index in [-0.39, 0.29) is 18.9 Å². The topological polar surface area (TPSA) is 64.4 Å². The Bertz CT molecular complexity index is 586. The maximum atomic E-state index is 10.7. The van der Waals surface area contributed by atoms with E-state index in [2.05, 4.69) is 21.2 Å². The minimum absolute atomic E-state index is 0.213. The van der Waals surface area contributed by atoms with E-state index in [1.165, 1.54) is 4.88 Å². The number of rotatable bonds is 7. The van der Waals surface area contributed by atoms with Crippen molar-refractivity contribution in [1.82, 2.24) is 0 Å². The average Bonchev–Trinajstić information content (AvgIpc) is 2.83. The van der Waals surface area contributed by atoms with Gasteiger partial charge in [0.2, 0.25) is 5.91 Å². The van der Waals surface area contributed by atoms with Gasteiger partial charge in [-0.05, 0) is 39.5 Å². The highest BCUT2D eigenvalue weighted by molar-refractivity contribution is 9.10. The Balaban J connectivity index is 1.97. The molecule has 2 aromatic rings. The van der Waals surface area contributed by atoms with Gasteiger partial charge in [-0.1, -0.05) is 12.1 Å². The molecular formula is C14H15BrN2O2S. The Morgan fingerprint density at radius 3 is 2.85 bits per heavy atom. The molecule has 0 aliphatic heterocycles. The molecule has 3 N–H and O–H groups in total. The number of benzene rings is 1. The van der Waals surface area contributed by atoms with E-state index in [1.54, 1.807) is 11.3 Å². The summed E-state index contributed by atoms with van der Waals surface area (Å²) in [7, 11) is 0. The normalized spacial score (nSPS) is 10.2. The van der Waals surface area contributed by atoms with Gasteiger partial charge in [0, 0.05) is 9.35 Å². The minimum atomic E-state index is -0.363. The van der Waals surface area contributed by atoms with Crippen LogP contribution in [0.3, 0.4) is 0 Å². The molecule has 0 bridgehead atoms. The molecule has 0 saturated heterocycles. The Labute approximate surface area is 130 Å². The summed E-state index contributed by atoms with van der Waals surface area (Å²) >= 11 is 5.19. The Morgan fingerprint density at radius 2 is 2.15 bits per heavy atom. The summed E-state index contributed by atoms with van der Waals surface area (Å²) in [5.74, 6) is 0.361. The van der Waals surface area contributed by atoms with Gasteiger partial charge in [0.1, 0.15) is 5.75 Å². The van der Waals surface area contributed by atoms with E-state index in [9.17, 15) is 4.79 Å². The van der Waals surface area contributed by atoms with Crippen molar-refractivity contribution in [2.24, 2.45) is 5.73 Å². The highest BCUT2D eigenvalue weighted by Crippen LogP contribution is 2.27. The number of ether oxygens (including phenoxy) is 1. The average molecular weight is 355 g/mol. The zero-order valence-corrected chi connectivity index (χ0v) is 13.2. The third-order valence-corrected chi connectivity index (χ3v) is 4.55.